The summed E-state index contributed by atoms with van der Waals surface area (Å²) in [6.07, 6.45) is 3.54. The summed E-state index contributed by atoms with van der Waals surface area (Å²) in [7, 11) is 0. The molecular weight excluding hydrogens is 228 g/mol. The third-order valence-electron chi connectivity index (χ3n) is 3.51. The molecule has 0 amide bonds. The van der Waals surface area contributed by atoms with E-state index in [0.717, 1.165) is 6.42 Å². The fourth-order valence-corrected chi connectivity index (χ4v) is 2.18. The lowest BCUT2D eigenvalue weighted by molar-refractivity contribution is 0.825. The molecule has 0 radical (unpaired) electrons. The van der Waals surface area contributed by atoms with Gasteiger partial charge in [-0.05, 0) is 42.0 Å². The zero-order valence-corrected chi connectivity index (χ0v) is 11.9. The Bertz CT molecular complexity index is 529. The molecule has 0 N–H and O–H groups in total. The highest BCUT2D eigenvalue weighted by molar-refractivity contribution is 5.69. The molecule has 0 saturated carbocycles. The summed E-state index contributed by atoms with van der Waals surface area (Å²) in [5, 5.41) is 0. The highest BCUT2D eigenvalue weighted by Crippen LogP contribution is 2.24. The van der Waals surface area contributed by atoms with Crippen molar-refractivity contribution in [2.75, 3.05) is 0 Å². The lowest BCUT2D eigenvalue weighted by Gasteiger charge is -2.07. The van der Waals surface area contributed by atoms with Gasteiger partial charge in [-0.25, -0.2) is 0 Å². The molecule has 0 heteroatoms. The second-order valence-corrected chi connectivity index (χ2v) is 5.15. The number of aryl methyl sites for hydroxylation is 1. The van der Waals surface area contributed by atoms with Gasteiger partial charge >= 0.3 is 0 Å². The van der Waals surface area contributed by atoms with Crippen LogP contribution in [0.2, 0.25) is 0 Å². The molecule has 0 spiro atoms. The Balaban J connectivity index is 2.14. The zero-order valence-electron chi connectivity index (χ0n) is 11.9. The molecule has 2 aromatic carbocycles. The van der Waals surface area contributed by atoms with Crippen molar-refractivity contribution in [1.29, 1.82) is 0 Å². The Labute approximate surface area is 116 Å². The third-order valence-corrected chi connectivity index (χ3v) is 3.51. The van der Waals surface area contributed by atoms with Crippen LogP contribution < -0.4 is 0 Å². The van der Waals surface area contributed by atoms with Crippen molar-refractivity contribution in [1.82, 2.24) is 0 Å². The van der Waals surface area contributed by atoms with E-state index in [1.165, 1.54) is 40.7 Å². The molecule has 0 unspecified atom stereocenters. The SMILES string of the molecule is C=C(CCCC)c1ccc(-c2ccc(C)cc2)cc1. The molecule has 0 aromatic heterocycles. The Morgan fingerprint density at radius 3 is 1.95 bits per heavy atom. The minimum absolute atomic E-state index is 1.10. The Kier molecular flexibility index (Phi) is 4.57. The summed E-state index contributed by atoms with van der Waals surface area (Å²) >= 11 is 0. The maximum atomic E-state index is 4.18. The van der Waals surface area contributed by atoms with Gasteiger partial charge in [0.05, 0.1) is 0 Å². The maximum absolute atomic E-state index is 4.18. The lowest BCUT2D eigenvalue weighted by Crippen LogP contribution is -1.84. The topological polar surface area (TPSA) is 0 Å². The van der Waals surface area contributed by atoms with Crippen LogP contribution in [0.1, 0.15) is 37.3 Å². The van der Waals surface area contributed by atoms with E-state index in [4.69, 9.17) is 0 Å². The third kappa shape index (κ3) is 3.57. The van der Waals surface area contributed by atoms with E-state index < -0.39 is 0 Å². The highest BCUT2D eigenvalue weighted by Gasteiger charge is 2.01. The average molecular weight is 250 g/mol. The summed E-state index contributed by atoms with van der Waals surface area (Å²) in [5.41, 5.74) is 6.36. The summed E-state index contributed by atoms with van der Waals surface area (Å²) in [4.78, 5) is 0. The van der Waals surface area contributed by atoms with Crippen molar-refractivity contribution in [3.63, 3.8) is 0 Å². The number of benzene rings is 2. The minimum Gasteiger partial charge on any atom is -0.0952 e. The van der Waals surface area contributed by atoms with Crippen LogP contribution >= 0.6 is 0 Å². The van der Waals surface area contributed by atoms with Crippen molar-refractivity contribution >= 4 is 5.57 Å². The van der Waals surface area contributed by atoms with E-state index in [9.17, 15) is 0 Å². The maximum Gasteiger partial charge on any atom is -0.0184 e. The Morgan fingerprint density at radius 2 is 1.42 bits per heavy atom. The van der Waals surface area contributed by atoms with Gasteiger partial charge in [0, 0.05) is 0 Å². The van der Waals surface area contributed by atoms with Crippen molar-refractivity contribution in [3.8, 4) is 11.1 Å². The van der Waals surface area contributed by atoms with Gasteiger partial charge < -0.3 is 0 Å². The molecule has 2 aromatic rings. The van der Waals surface area contributed by atoms with E-state index in [1.807, 2.05) is 0 Å². The molecule has 98 valence electrons. The number of hydrogen-bond acceptors (Lipinski definition) is 0. The predicted octanol–water partition coefficient (Wildman–Crippen LogP) is 5.87. The van der Waals surface area contributed by atoms with Crippen molar-refractivity contribution in [3.05, 3.63) is 66.2 Å². The van der Waals surface area contributed by atoms with Crippen LogP contribution in [0.15, 0.2) is 55.1 Å². The highest BCUT2D eigenvalue weighted by atomic mass is 14.1. The lowest BCUT2D eigenvalue weighted by atomic mass is 9.98. The molecule has 19 heavy (non-hydrogen) atoms. The van der Waals surface area contributed by atoms with Crippen molar-refractivity contribution in [2.45, 2.75) is 33.1 Å². The first kappa shape index (κ1) is 13.6. The van der Waals surface area contributed by atoms with Gasteiger partial charge in [0.2, 0.25) is 0 Å². The quantitative estimate of drug-likeness (QED) is 0.623. The smallest absolute Gasteiger partial charge is 0.0184 e. The number of rotatable bonds is 5. The largest absolute Gasteiger partial charge is 0.0952 e. The fraction of sp³-hybridized carbons (Fsp3) is 0.263. The number of hydrogen-bond donors (Lipinski definition) is 0. The normalized spacial score (nSPS) is 10.4. The summed E-state index contributed by atoms with van der Waals surface area (Å²) in [6.45, 7) is 8.51. The minimum atomic E-state index is 1.10. The van der Waals surface area contributed by atoms with Gasteiger partial charge in [0.15, 0.2) is 0 Å². The fourth-order valence-electron chi connectivity index (χ4n) is 2.18. The summed E-state index contributed by atoms with van der Waals surface area (Å²) < 4.78 is 0. The van der Waals surface area contributed by atoms with E-state index in [0.29, 0.717) is 0 Å². The van der Waals surface area contributed by atoms with Gasteiger partial charge in [-0.2, -0.15) is 0 Å². The van der Waals surface area contributed by atoms with Gasteiger partial charge in [0.1, 0.15) is 0 Å². The van der Waals surface area contributed by atoms with Crippen LogP contribution in [0.4, 0.5) is 0 Å². The molecule has 0 atom stereocenters. The average Bonchev–Trinajstić information content (AvgIpc) is 2.46. The monoisotopic (exact) mass is 250 g/mol. The molecule has 0 saturated heterocycles. The zero-order chi connectivity index (χ0) is 13.7. The molecule has 2 rings (SSSR count). The molecule has 0 bridgehead atoms. The van der Waals surface area contributed by atoms with E-state index in [1.54, 1.807) is 0 Å². The van der Waals surface area contributed by atoms with Crippen LogP contribution in [-0.2, 0) is 0 Å². The predicted molar refractivity (Wildman–Crippen MR) is 85.2 cm³/mol. The number of allylic oxidation sites excluding steroid dienone is 1. The standard InChI is InChI=1S/C19H22/c1-4-5-6-16(3)17-11-13-19(14-12-17)18-9-7-15(2)8-10-18/h7-14H,3-6H2,1-2H3. The van der Waals surface area contributed by atoms with Crippen LogP contribution in [-0.4, -0.2) is 0 Å². The molecule has 0 aliphatic carbocycles. The number of unbranched alkanes of at least 4 members (excludes halogenated alkanes) is 1. The van der Waals surface area contributed by atoms with Gasteiger partial charge in [-0.1, -0.05) is 74.0 Å². The Hall–Kier alpha value is -1.82. The van der Waals surface area contributed by atoms with Crippen molar-refractivity contribution < 1.29 is 0 Å². The van der Waals surface area contributed by atoms with Crippen molar-refractivity contribution in [2.24, 2.45) is 0 Å². The van der Waals surface area contributed by atoms with Crippen LogP contribution in [0.25, 0.3) is 16.7 Å². The molecule has 0 aliphatic heterocycles. The van der Waals surface area contributed by atoms with Gasteiger partial charge in [-0.3, -0.25) is 0 Å². The molecule has 0 nitrogen and oxygen atoms in total. The summed E-state index contributed by atoms with van der Waals surface area (Å²) in [5.74, 6) is 0. The molecular formula is C19H22. The molecule has 0 fully saturated rings. The van der Waals surface area contributed by atoms with Crippen LogP contribution in [0.3, 0.4) is 0 Å². The second-order valence-electron chi connectivity index (χ2n) is 5.15. The van der Waals surface area contributed by atoms with Gasteiger partial charge in [0.25, 0.3) is 0 Å². The Morgan fingerprint density at radius 1 is 0.895 bits per heavy atom. The second kappa shape index (κ2) is 6.38. The first-order chi connectivity index (χ1) is 9.20. The first-order valence-corrected chi connectivity index (χ1v) is 7.06. The van der Waals surface area contributed by atoms with E-state index in [2.05, 4.69) is 69.0 Å². The molecule has 0 aliphatic rings. The van der Waals surface area contributed by atoms with Gasteiger partial charge in [-0.15, -0.1) is 0 Å². The molecule has 0 heterocycles. The van der Waals surface area contributed by atoms with Crippen LogP contribution in [0.5, 0.6) is 0 Å². The van der Waals surface area contributed by atoms with Crippen LogP contribution in [0, 0.1) is 6.92 Å². The first-order valence-electron chi connectivity index (χ1n) is 7.06. The van der Waals surface area contributed by atoms with E-state index >= 15 is 0 Å². The van der Waals surface area contributed by atoms with E-state index in [-0.39, 0.29) is 0 Å². The summed E-state index contributed by atoms with van der Waals surface area (Å²) in [6, 6.07) is 17.4.